The van der Waals surface area contributed by atoms with Crippen molar-refractivity contribution in [3.05, 3.63) is 28.0 Å². The number of methoxy groups -OCH3 is 1. The highest BCUT2D eigenvalue weighted by Gasteiger charge is 2.17. The molecule has 0 aromatic carbocycles. The Balaban J connectivity index is 2.31. The molecule has 0 saturated heterocycles. The molecule has 1 N–H and O–H groups in total. The molecule has 0 unspecified atom stereocenters. The van der Waals surface area contributed by atoms with Crippen molar-refractivity contribution in [2.75, 3.05) is 20.2 Å². The molecule has 0 amide bonds. The normalized spacial score (nSPS) is 15.9. The first-order chi connectivity index (χ1) is 7.33. The van der Waals surface area contributed by atoms with Gasteiger partial charge in [-0.2, -0.15) is 0 Å². The third-order valence-corrected chi connectivity index (χ3v) is 3.42. The summed E-state index contributed by atoms with van der Waals surface area (Å²) in [6.45, 7) is 1.86. The molecule has 0 bridgehead atoms. The Morgan fingerprint density at radius 1 is 1.60 bits per heavy atom. The number of rotatable bonds is 2. The van der Waals surface area contributed by atoms with Crippen LogP contribution in [0.25, 0.3) is 5.57 Å². The van der Waals surface area contributed by atoms with Crippen LogP contribution in [-0.4, -0.2) is 26.2 Å². The van der Waals surface area contributed by atoms with Crippen LogP contribution in [0.3, 0.4) is 0 Å². The van der Waals surface area contributed by atoms with Gasteiger partial charge in [0.15, 0.2) is 0 Å². The van der Waals surface area contributed by atoms with E-state index in [2.05, 4.69) is 11.4 Å². The van der Waals surface area contributed by atoms with Gasteiger partial charge in [-0.3, -0.25) is 0 Å². The van der Waals surface area contributed by atoms with Crippen LogP contribution < -0.4 is 5.32 Å². The van der Waals surface area contributed by atoms with Gasteiger partial charge in [0.1, 0.15) is 0 Å². The summed E-state index contributed by atoms with van der Waals surface area (Å²) in [6.07, 6.45) is 3.12. The molecule has 0 saturated carbocycles. The highest BCUT2D eigenvalue weighted by molar-refractivity contribution is 7.11. The van der Waals surface area contributed by atoms with Crippen LogP contribution in [0.1, 0.15) is 21.7 Å². The van der Waals surface area contributed by atoms with E-state index in [1.54, 1.807) is 11.3 Å². The fourth-order valence-corrected chi connectivity index (χ4v) is 2.61. The van der Waals surface area contributed by atoms with E-state index in [-0.39, 0.29) is 5.97 Å². The second kappa shape index (κ2) is 4.59. The first-order valence-corrected chi connectivity index (χ1v) is 5.77. The predicted octanol–water partition coefficient (Wildman–Crippen LogP) is 1.91. The molecule has 1 aromatic heterocycles. The average molecular weight is 223 g/mol. The summed E-state index contributed by atoms with van der Waals surface area (Å²) in [5.74, 6) is -0.245. The lowest BCUT2D eigenvalue weighted by atomic mass is 10.0. The van der Waals surface area contributed by atoms with Crippen LogP contribution in [-0.2, 0) is 4.74 Å². The molecule has 2 heterocycles. The van der Waals surface area contributed by atoms with E-state index in [1.807, 2.05) is 11.4 Å². The van der Waals surface area contributed by atoms with Gasteiger partial charge in [-0.05, 0) is 30.0 Å². The third kappa shape index (κ3) is 2.11. The lowest BCUT2D eigenvalue weighted by molar-refractivity contribution is 0.0601. The fourth-order valence-electron chi connectivity index (χ4n) is 1.66. The molecule has 0 atom stereocenters. The molecule has 0 fully saturated rings. The van der Waals surface area contributed by atoms with Crippen molar-refractivity contribution in [1.82, 2.24) is 5.32 Å². The molecule has 3 nitrogen and oxygen atoms in total. The molecule has 2 rings (SSSR count). The van der Waals surface area contributed by atoms with Gasteiger partial charge in [-0.25, -0.2) is 4.79 Å². The first kappa shape index (κ1) is 10.4. The molecule has 1 aliphatic rings. The third-order valence-electron chi connectivity index (χ3n) is 2.43. The van der Waals surface area contributed by atoms with E-state index in [0.717, 1.165) is 24.4 Å². The van der Waals surface area contributed by atoms with E-state index in [1.165, 1.54) is 12.7 Å². The molecule has 15 heavy (non-hydrogen) atoms. The monoisotopic (exact) mass is 223 g/mol. The molecular formula is C11H13NO2S. The second-order valence-electron chi connectivity index (χ2n) is 3.34. The van der Waals surface area contributed by atoms with Gasteiger partial charge in [-0.1, -0.05) is 6.08 Å². The van der Waals surface area contributed by atoms with Gasteiger partial charge < -0.3 is 10.1 Å². The molecule has 1 aliphatic heterocycles. The molecule has 1 aromatic rings. The van der Waals surface area contributed by atoms with E-state index < -0.39 is 0 Å². The van der Waals surface area contributed by atoms with Gasteiger partial charge in [0.05, 0.1) is 12.7 Å². The van der Waals surface area contributed by atoms with Crippen LogP contribution in [0.15, 0.2) is 17.5 Å². The lowest BCUT2D eigenvalue weighted by Crippen LogP contribution is -2.20. The zero-order valence-corrected chi connectivity index (χ0v) is 9.39. The molecule has 0 aliphatic carbocycles. The summed E-state index contributed by atoms with van der Waals surface area (Å²) >= 11 is 1.60. The van der Waals surface area contributed by atoms with Gasteiger partial charge in [-0.15, -0.1) is 11.3 Å². The first-order valence-electron chi connectivity index (χ1n) is 4.89. The highest BCUT2D eigenvalue weighted by atomic mass is 32.1. The van der Waals surface area contributed by atoms with Gasteiger partial charge >= 0.3 is 5.97 Å². The number of esters is 1. The van der Waals surface area contributed by atoms with Crippen LogP contribution >= 0.6 is 11.3 Å². The van der Waals surface area contributed by atoms with Crippen molar-refractivity contribution >= 4 is 22.9 Å². The van der Waals surface area contributed by atoms with Crippen molar-refractivity contribution in [1.29, 1.82) is 0 Å². The summed E-state index contributed by atoms with van der Waals surface area (Å²) in [5, 5.41) is 5.19. The van der Waals surface area contributed by atoms with Gasteiger partial charge in [0, 0.05) is 11.4 Å². The Morgan fingerprint density at radius 2 is 2.47 bits per heavy atom. The van der Waals surface area contributed by atoms with Crippen molar-refractivity contribution in [3.8, 4) is 0 Å². The van der Waals surface area contributed by atoms with Gasteiger partial charge in [0.2, 0.25) is 0 Å². The number of thiophene rings is 1. The largest absolute Gasteiger partial charge is 0.465 e. The Kier molecular flexibility index (Phi) is 3.18. The summed E-state index contributed by atoms with van der Waals surface area (Å²) in [5.41, 5.74) is 1.94. The number of carbonyl (C=O) groups excluding carboxylic acids is 1. The number of ether oxygens (including phenoxy) is 1. The number of hydrogen-bond donors (Lipinski definition) is 1. The zero-order valence-electron chi connectivity index (χ0n) is 8.58. The van der Waals surface area contributed by atoms with Crippen molar-refractivity contribution in [2.24, 2.45) is 0 Å². The topological polar surface area (TPSA) is 38.3 Å². The predicted molar refractivity (Wildman–Crippen MR) is 61.1 cm³/mol. The van der Waals surface area contributed by atoms with Crippen molar-refractivity contribution in [2.45, 2.75) is 6.42 Å². The number of nitrogens with one attached hydrogen (secondary N) is 1. The quantitative estimate of drug-likeness (QED) is 0.778. The highest BCUT2D eigenvalue weighted by Crippen LogP contribution is 2.29. The minimum atomic E-state index is -0.245. The minimum absolute atomic E-state index is 0.245. The number of hydrogen-bond acceptors (Lipinski definition) is 4. The molecule has 4 heteroatoms. The number of carbonyl (C=O) groups is 1. The summed E-state index contributed by atoms with van der Waals surface area (Å²) in [7, 11) is 1.42. The Labute approximate surface area is 92.8 Å². The molecule has 0 spiro atoms. The zero-order chi connectivity index (χ0) is 10.7. The maximum atomic E-state index is 11.5. The van der Waals surface area contributed by atoms with Gasteiger partial charge in [0.25, 0.3) is 0 Å². The fraction of sp³-hybridized carbons (Fsp3) is 0.364. The van der Waals surface area contributed by atoms with Crippen molar-refractivity contribution in [3.63, 3.8) is 0 Å². The van der Waals surface area contributed by atoms with E-state index in [9.17, 15) is 4.79 Å². The second-order valence-corrected chi connectivity index (χ2v) is 4.25. The van der Waals surface area contributed by atoms with E-state index >= 15 is 0 Å². The maximum Gasteiger partial charge on any atom is 0.339 e. The van der Waals surface area contributed by atoms with E-state index in [4.69, 9.17) is 4.74 Å². The Bertz CT molecular complexity index is 395. The van der Waals surface area contributed by atoms with Crippen LogP contribution in [0.4, 0.5) is 0 Å². The molecule has 0 radical (unpaired) electrons. The Morgan fingerprint density at radius 3 is 3.13 bits per heavy atom. The van der Waals surface area contributed by atoms with Crippen LogP contribution in [0.5, 0.6) is 0 Å². The van der Waals surface area contributed by atoms with Crippen molar-refractivity contribution < 1.29 is 9.53 Å². The minimum Gasteiger partial charge on any atom is -0.465 e. The lowest BCUT2D eigenvalue weighted by Gasteiger charge is -2.13. The standard InChI is InChI=1S/C11H13NO2S/c1-14-11(13)9-4-7-15-10(9)8-2-5-12-6-3-8/h2,4,7,12H,3,5-6H2,1H3. The smallest absolute Gasteiger partial charge is 0.339 e. The Hall–Kier alpha value is -1.13. The summed E-state index contributed by atoms with van der Waals surface area (Å²) < 4.78 is 4.75. The molecular weight excluding hydrogens is 210 g/mol. The maximum absolute atomic E-state index is 11.5. The van der Waals surface area contributed by atoms with Crippen LogP contribution in [0, 0.1) is 0 Å². The van der Waals surface area contributed by atoms with E-state index in [0.29, 0.717) is 5.56 Å². The molecule has 80 valence electrons. The SMILES string of the molecule is COC(=O)c1ccsc1C1=CCNCC1. The summed E-state index contributed by atoms with van der Waals surface area (Å²) in [6, 6.07) is 1.83. The summed E-state index contributed by atoms with van der Waals surface area (Å²) in [4.78, 5) is 12.5. The average Bonchev–Trinajstić information content (AvgIpc) is 2.78. The van der Waals surface area contributed by atoms with Crippen LogP contribution in [0.2, 0.25) is 0 Å².